The molecule has 1 aromatic heterocycles. The molecule has 1 heterocycles. The number of hydrogen-bond acceptors (Lipinski definition) is 3. The van der Waals surface area contributed by atoms with Gasteiger partial charge in [-0.25, -0.2) is 0 Å². The highest BCUT2D eigenvalue weighted by atomic mass is 79.9. The van der Waals surface area contributed by atoms with Gasteiger partial charge in [0.2, 0.25) is 0 Å². The van der Waals surface area contributed by atoms with E-state index < -0.39 is 0 Å². The number of thiophene rings is 1. The number of hydrogen-bond donors (Lipinski definition) is 1. The van der Waals surface area contributed by atoms with Gasteiger partial charge in [0.25, 0.3) is 0 Å². The van der Waals surface area contributed by atoms with Crippen LogP contribution in [0.5, 0.6) is 5.75 Å². The third-order valence-electron chi connectivity index (χ3n) is 3.40. The van der Waals surface area contributed by atoms with E-state index in [2.05, 4.69) is 58.5 Å². The van der Waals surface area contributed by atoms with E-state index in [4.69, 9.17) is 4.74 Å². The van der Waals surface area contributed by atoms with Crippen molar-refractivity contribution in [3.63, 3.8) is 0 Å². The topological polar surface area (TPSA) is 21.3 Å². The Hall–Kier alpha value is -1.52. The molecule has 3 aromatic rings. The molecule has 1 atom stereocenters. The maximum absolute atomic E-state index is 5.42. The second kappa shape index (κ2) is 6.08. The molecule has 0 spiro atoms. The summed E-state index contributed by atoms with van der Waals surface area (Å²) < 4.78 is 7.77. The zero-order valence-electron chi connectivity index (χ0n) is 11.9. The fourth-order valence-electron chi connectivity index (χ4n) is 2.31. The van der Waals surface area contributed by atoms with E-state index in [0.717, 1.165) is 15.9 Å². The fraction of sp³-hybridized carbons (Fsp3) is 0.176. The van der Waals surface area contributed by atoms with Crippen LogP contribution in [0.2, 0.25) is 0 Å². The molecular formula is C17H16BrNOS. The quantitative estimate of drug-likeness (QED) is 0.629. The van der Waals surface area contributed by atoms with Gasteiger partial charge in [0.1, 0.15) is 5.75 Å². The lowest BCUT2D eigenvalue weighted by molar-refractivity contribution is 0.416. The summed E-state index contributed by atoms with van der Waals surface area (Å²) in [5, 5.41) is 4.83. The van der Waals surface area contributed by atoms with Crippen molar-refractivity contribution in [3.8, 4) is 5.75 Å². The molecule has 3 rings (SSSR count). The highest BCUT2D eigenvalue weighted by Gasteiger charge is 2.12. The fourth-order valence-corrected chi connectivity index (χ4v) is 3.74. The predicted molar refractivity (Wildman–Crippen MR) is 94.6 cm³/mol. The van der Waals surface area contributed by atoms with Crippen LogP contribution < -0.4 is 10.1 Å². The van der Waals surface area contributed by atoms with Crippen LogP contribution in [0.25, 0.3) is 10.1 Å². The van der Waals surface area contributed by atoms with Crippen LogP contribution in [0.1, 0.15) is 17.8 Å². The summed E-state index contributed by atoms with van der Waals surface area (Å²) in [6.07, 6.45) is 0. The number of halogens is 1. The second-order valence-electron chi connectivity index (χ2n) is 4.90. The van der Waals surface area contributed by atoms with Gasteiger partial charge in [-0.05, 0) is 42.6 Å². The molecular weight excluding hydrogens is 346 g/mol. The van der Waals surface area contributed by atoms with Crippen molar-refractivity contribution in [2.45, 2.75) is 13.0 Å². The van der Waals surface area contributed by atoms with Crippen molar-refractivity contribution in [1.29, 1.82) is 0 Å². The number of benzene rings is 2. The summed E-state index contributed by atoms with van der Waals surface area (Å²) in [6, 6.07) is 16.9. The SMILES string of the molecule is COc1ccc(Br)cc1NC(C)c1cc2ccccc2s1. The third-order valence-corrected chi connectivity index (χ3v) is 5.20. The zero-order valence-corrected chi connectivity index (χ0v) is 14.3. The molecule has 0 radical (unpaired) electrons. The molecule has 0 amide bonds. The zero-order chi connectivity index (χ0) is 14.8. The first-order chi connectivity index (χ1) is 10.2. The average molecular weight is 362 g/mol. The lowest BCUT2D eigenvalue weighted by Gasteiger charge is -2.16. The smallest absolute Gasteiger partial charge is 0.142 e. The van der Waals surface area contributed by atoms with Crippen LogP contribution in [-0.2, 0) is 0 Å². The molecule has 4 heteroatoms. The Kier molecular flexibility index (Phi) is 4.17. The predicted octanol–water partition coefficient (Wildman–Crippen LogP) is 5.85. The van der Waals surface area contributed by atoms with Gasteiger partial charge >= 0.3 is 0 Å². The first kappa shape index (κ1) is 14.4. The molecule has 108 valence electrons. The van der Waals surface area contributed by atoms with Crippen molar-refractivity contribution < 1.29 is 4.74 Å². The Morgan fingerprint density at radius 1 is 1.14 bits per heavy atom. The third kappa shape index (κ3) is 3.06. The highest BCUT2D eigenvalue weighted by Crippen LogP contribution is 2.34. The summed E-state index contributed by atoms with van der Waals surface area (Å²) >= 11 is 5.33. The molecule has 0 bridgehead atoms. The minimum atomic E-state index is 0.227. The lowest BCUT2D eigenvalue weighted by Crippen LogP contribution is -2.06. The minimum Gasteiger partial charge on any atom is -0.495 e. The minimum absolute atomic E-state index is 0.227. The second-order valence-corrected chi connectivity index (χ2v) is 6.93. The molecule has 0 aliphatic rings. The van der Waals surface area contributed by atoms with Crippen molar-refractivity contribution in [1.82, 2.24) is 0 Å². The van der Waals surface area contributed by atoms with Gasteiger partial charge in [-0.2, -0.15) is 0 Å². The summed E-state index contributed by atoms with van der Waals surface area (Å²) in [5.41, 5.74) is 0.997. The van der Waals surface area contributed by atoms with Crippen LogP contribution >= 0.6 is 27.3 Å². The molecule has 1 unspecified atom stereocenters. The first-order valence-electron chi connectivity index (χ1n) is 6.76. The van der Waals surface area contributed by atoms with E-state index in [1.807, 2.05) is 29.5 Å². The Labute approximate surface area is 136 Å². The molecule has 1 N–H and O–H groups in total. The largest absolute Gasteiger partial charge is 0.495 e. The molecule has 0 aliphatic heterocycles. The number of anilines is 1. The number of ether oxygens (including phenoxy) is 1. The molecule has 2 aromatic carbocycles. The average Bonchev–Trinajstić information content (AvgIpc) is 2.91. The summed E-state index contributed by atoms with van der Waals surface area (Å²) in [7, 11) is 1.69. The van der Waals surface area contributed by atoms with E-state index in [-0.39, 0.29) is 6.04 Å². The normalized spacial score (nSPS) is 12.3. The van der Waals surface area contributed by atoms with Gasteiger partial charge in [0.05, 0.1) is 18.8 Å². The highest BCUT2D eigenvalue weighted by molar-refractivity contribution is 9.10. The van der Waals surface area contributed by atoms with Gasteiger partial charge in [-0.3, -0.25) is 0 Å². The monoisotopic (exact) mass is 361 g/mol. The maximum atomic E-state index is 5.42. The van der Waals surface area contributed by atoms with Gasteiger partial charge < -0.3 is 10.1 Å². The van der Waals surface area contributed by atoms with Crippen LogP contribution in [0.15, 0.2) is 53.0 Å². The van der Waals surface area contributed by atoms with Gasteiger partial charge in [-0.1, -0.05) is 34.1 Å². The van der Waals surface area contributed by atoms with Crippen molar-refractivity contribution in [2.24, 2.45) is 0 Å². The van der Waals surface area contributed by atoms with Crippen LogP contribution in [-0.4, -0.2) is 7.11 Å². The molecule has 21 heavy (non-hydrogen) atoms. The Bertz CT molecular complexity index is 735. The maximum Gasteiger partial charge on any atom is 0.142 e. The van der Waals surface area contributed by atoms with Gasteiger partial charge in [-0.15, -0.1) is 11.3 Å². The number of methoxy groups -OCH3 is 1. The van der Waals surface area contributed by atoms with E-state index in [9.17, 15) is 0 Å². The van der Waals surface area contributed by atoms with E-state index >= 15 is 0 Å². The van der Waals surface area contributed by atoms with E-state index in [0.29, 0.717) is 0 Å². The van der Waals surface area contributed by atoms with Gasteiger partial charge in [0.15, 0.2) is 0 Å². The Morgan fingerprint density at radius 2 is 1.95 bits per heavy atom. The van der Waals surface area contributed by atoms with Crippen molar-refractivity contribution in [3.05, 3.63) is 57.9 Å². The first-order valence-corrected chi connectivity index (χ1v) is 8.37. The standard InChI is InChI=1S/C17H16BrNOS/c1-11(17-9-12-5-3-4-6-16(12)21-17)19-14-10-13(18)7-8-15(14)20-2/h3-11,19H,1-2H3. The van der Waals surface area contributed by atoms with Crippen LogP contribution in [0.3, 0.4) is 0 Å². The van der Waals surface area contributed by atoms with E-state index in [1.165, 1.54) is 15.0 Å². The Balaban J connectivity index is 1.89. The number of fused-ring (bicyclic) bond motifs is 1. The van der Waals surface area contributed by atoms with Crippen molar-refractivity contribution in [2.75, 3.05) is 12.4 Å². The number of nitrogens with one attached hydrogen (secondary N) is 1. The lowest BCUT2D eigenvalue weighted by atomic mass is 10.2. The van der Waals surface area contributed by atoms with E-state index in [1.54, 1.807) is 7.11 Å². The summed E-state index contributed by atoms with van der Waals surface area (Å²) in [6.45, 7) is 2.17. The molecule has 0 aliphatic carbocycles. The summed E-state index contributed by atoms with van der Waals surface area (Å²) in [5.74, 6) is 0.853. The molecule has 2 nitrogen and oxygen atoms in total. The molecule has 0 saturated heterocycles. The number of rotatable bonds is 4. The Morgan fingerprint density at radius 3 is 2.71 bits per heavy atom. The van der Waals surface area contributed by atoms with Crippen molar-refractivity contribution >= 4 is 43.0 Å². The summed E-state index contributed by atoms with van der Waals surface area (Å²) in [4.78, 5) is 1.32. The van der Waals surface area contributed by atoms with Crippen LogP contribution in [0.4, 0.5) is 5.69 Å². The molecule has 0 saturated carbocycles. The molecule has 0 fully saturated rings. The van der Waals surface area contributed by atoms with Crippen LogP contribution in [0, 0.1) is 0 Å². The van der Waals surface area contributed by atoms with Gasteiger partial charge in [0, 0.05) is 14.0 Å².